The first kappa shape index (κ1) is 12.1. The van der Waals surface area contributed by atoms with Crippen molar-refractivity contribution in [3.8, 4) is 0 Å². The number of allylic oxidation sites excluding steroid dienone is 1. The van der Waals surface area contributed by atoms with Crippen molar-refractivity contribution in [1.82, 2.24) is 0 Å². The molecule has 0 unspecified atom stereocenters. The molecule has 1 aromatic carbocycles. The Bertz CT molecular complexity index is 458. The second kappa shape index (κ2) is 4.48. The molecule has 0 N–H and O–H groups in total. The van der Waals surface area contributed by atoms with Gasteiger partial charge in [-0.1, -0.05) is 51.1 Å². The lowest BCUT2D eigenvalue weighted by atomic mass is 9.84. The van der Waals surface area contributed by atoms with E-state index in [1.807, 2.05) is 0 Å². The summed E-state index contributed by atoms with van der Waals surface area (Å²) in [5, 5.41) is 0. The van der Waals surface area contributed by atoms with E-state index in [-0.39, 0.29) is 0 Å². The Morgan fingerprint density at radius 1 is 1.12 bits per heavy atom. The standard InChI is InChI=1S/C16H21N/c1-12-11-17-15(13-8-6-5-7-9-13)14(12)10-16(2,3)4/h5-9H,10-11H2,1-4H3. The predicted octanol–water partition coefficient (Wildman–Crippen LogP) is 4.24. The van der Waals surface area contributed by atoms with Crippen LogP contribution in [0.4, 0.5) is 0 Å². The molecule has 0 aromatic heterocycles. The molecule has 1 nitrogen and oxygen atoms in total. The summed E-state index contributed by atoms with van der Waals surface area (Å²) < 4.78 is 0. The van der Waals surface area contributed by atoms with Gasteiger partial charge in [-0.05, 0) is 35.5 Å². The van der Waals surface area contributed by atoms with E-state index >= 15 is 0 Å². The predicted molar refractivity (Wildman–Crippen MR) is 74.6 cm³/mol. The Morgan fingerprint density at radius 3 is 2.35 bits per heavy atom. The average molecular weight is 227 g/mol. The number of benzene rings is 1. The van der Waals surface area contributed by atoms with Crippen molar-refractivity contribution < 1.29 is 0 Å². The summed E-state index contributed by atoms with van der Waals surface area (Å²) in [5.74, 6) is 0. The maximum atomic E-state index is 4.70. The van der Waals surface area contributed by atoms with Crippen LogP contribution in [0.5, 0.6) is 0 Å². The summed E-state index contributed by atoms with van der Waals surface area (Å²) in [6.45, 7) is 9.94. The maximum Gasteiger partial charge on any atom is 0.0682 e. The molecule has 1 heteroatoms. The fraction of sp³-hybridized carbons (Fsp3) is 0.438. The molecule has 0 radical (unpaired) electrons. The van der Waals surface area contributed by atoms with Gasteiger partial charge in [0.05, 0.1) is 12.3 Å². The highest BCUT2D eigenvalue weighted by molar-refractivity contribution is 6.14. The molecule has 2 rings (SSSR count). The summed E-state index contributed by atoms with van der Waals surface area (Å²) in [4.78, 5) is 4.70. The fourth-order valence-corrected chi connectivity index (χ4v) is 2.22. The van der Waals surface area contributed by atoms with Gasteiger partial charge in [0, 0.05) is 0 Å². The molecule has 0 fully saturated rings. The van der Waals surface area contributed by atoms with Gasteiger partial charge in [-0.15, -0.1) is 0 Å². The molecule has 0 saturated heterocycles. The van der Waals surface area contributed by atoms with Crippen molar-refractivity contribution in [3.05, 3.63) is 47.0 Å². The molecule has 1 heterocycles. The molecule has 1 aromatic rings. The van der Waals surface area contributed by atoms with Crippen LogP contribution < -0.4 is 0 Å². The van der Waals surface area contributed by atoms with Crippen LogP contribution >= 0.6 is 0 Å². The van der Waals surface area contributed by atoms with Crippen molar-refractivity contribution in [1.29, 1.82) is 0 Å². The van der Waals surface area contributed by atoms with E-state index in [4.69, 9.17) is 4.99 Å². The molecule has 17 heavy (non-hydrogen) atoms. The lowest BCUT2D eigenvalue weighted by molar-refractivity contribution is 0.414. The molecule has 0 spiro atoms. The van der Waals surface area contributed by atoms with E-state index < -0.39 is 0 Å². The Balaban J connectivity index is 2.31. The molecule has 0 amide bonds. The van der Waals surface area contributed by atoms with Crippen LogP contribution in [0, 0.1) is 5.41 Å². The monoisotopic (exact) mass is 227 g/mol. The minimum absolute atomic E-state index is 0.316. The van der Waals surface area contributed by atoms with E-state index in [0.717, 1.165) is 13.0 Å². The number of hydrogen-bond acceptors (Lipinski definition) is 1. The van der Waals surface area contributed by atoms with Gasteiger partial charge in [-0.3, -0.25) is 4.99 Å². The topological polar surface area (TPSA) is 12.4 Å². The SMILES string of the molecule is CC1=C(CC(C)(C)C)C(c2ccccc2)=NC1. The maximum absolute atomic E-state index is 4.70. The molecule has 1 aliphatic rings. The van der Waals surface area contributed by atoms with Crippen LogP contribution in [0.1, 0.15) is 39.7 Å². The van der Waals surface area contributed by atoms with Crippen molar-refractivity contribution in [2.45, 2.75) is 34.1 Å². The van der Waals surface area contributed by atoms with E-state index in [2.05, 4.69) is 58.0 Å². The van der Waals surface area contributed by atoms with Crippen LogP contribution in [-0.4, -0.2) is 12.3 Å². The summed E-state index contributed by atoms with van der Waals surface area (Å²) in [6.07, 6.45) is 1.10. The van der Waals surface area contributed by atoms with Crippen molar-refractivity contribution >= 4 is 5.71 Å². The Labute approximate surface area is 104 Å². The lowest BCUT2D eigenvalue weighted by Gasteiger charge is -2.21. The molecular formula is C16H21N. The minimum atomic E-state index is 0.316. The van der Waals surface area contributed by atoms with Gasteiger partial charge in [0.1, 0.15) is 0 Å². The van der Waals surface area contributed by atoms with E-state index in [0.29, 0.717) is 5.41 Å². The lowest BCUT2D eigenvalue weighted by Crippen LogP contribution is -2.12. The minimum Gasteiger partial charge on any atom is -0.280 e. The van der Waals surface area contributed by atoms with Crippen molar-refractivity contribution in [2.75, 3.05) is 6.54 Å². The van der Waals surface area contributed by atoms with E-state index in [1.165, 1.54) is 22.4 Å². The van der Waals surface area contributed by atoms with Gasteiger partial charge in [0.25, 0.3) is 0 Å². The zero-order valence-electron chi connectivity index (χ0n) is 11.2. The molecular weight excluding hydrogens is 206 g/mol. The first-order valence-corrected chi connectivity index (χ1v) is 6.26. The Morgan fingerprint density at radius 2 is 1.76 bits per heavy atom. The average Bonchev–Trinajstić information content (AvgIpc) is 2.60. The number of aliphatic imine (C=N–C) groups is 1. The Hall–Kier alpha value is -1.37. The highest BCUT2D eigenvalue weighted by atomic mass is 14.8. The summed E-state index contributed by atoms with van der Waals surface area (Å²) in [7, 11) is 0. The zero-order chi connectivity index (χ0) is 12.5. The first-order chi connectivity index (χ1) is 7.97. The van der Waals surface area contributed by atoms with Crippen molar-refractivity contribution in [2.24, 2.45) is 10.4 Å². The third kappa shape index (κ3) is 2.85. The van der Waals surface area contributed by atoms with Crippen molar-refractivity contribution in [3.63, 3.8) is 0 Å². The summed E-state index contributed by atoms with van der Waals surface area (Å²) in [5.41, 5.74) is 5.65. The smallest absolute Gasteiger partial charge is 0.0682 e. The number of rotatable bonds is 2. The molecule has 0 saturated carbocycles. The molecule has 0 atom stereocenters. The Kier molecular flexibility index (Phi) is 3.19. The van der Waals surface area contributed by atoms with Crippen LogP contribution in [0.25, 0.3) is 0 Å². The van der Waals surface area contributed by atoms with Crippen LogP contribution in [0.2, 0.25) is 0 Å². The van der Waals surface area contributed by atoms with Gasteiger partial charge in [0.2, 0.25) is 0 Å². The van der Waals surface area contributed by atoms with Crippen LogP contribution in [0.3, 0.4) is 0 Å². The van der Waals surface area contributed by atoms with Crippen LogP contribution in [-0.2, 0) is 0 Å². The molecule has 1 aliphatic heterocycles. The summed E-state index contributed by atoms with van der Waals surface area (Å²) >= 11 is 0. The van der Waals surface area contributed by atoms with Gasteiger partial charge >= 0.3 is 0 Å². The molecule has 0 aliphatic carbocycles. The first-order valence-electron chi connectivity index (χ1n) is 6.26. The van der Waals surface area contributed by atoms with Gasteiger partial charge in [-0.25, -0.2) is 0 Å². The third-order valence-electron chi connectivity index (χ3n) is 3.03. The summed E-state index contributed by atoms with van der Waals surface area (Å²) in [6, 6.07) is 10.5. The van der Waals surface area contributed by atoms with E-state index in [1.54, 1.807) is 0 Å². The molecule has 90 valence electrons. The number of nitrogens with zero attached hydrogens (tertiary/aromatic N) is 1. The highest BCUT2D eigenvalue weighted by Crippen LogP contribution is 2.31. The van der Waals surface area contributed by atoms with Gasteiger partial charge < -0.3 is 0 Å². The quantitative estimate of drug-likeness (QED) is 0.716. The number of hydrogen-bond donors (Lipinski definition) is 0. The molecule has 0 bridgehead atoms. The third-order valence-corrected chi connectivity index (χ3v) is 3.03. The second-order valence-corrected chi connectivity index (χ2v) is 6.03. The highest BCUT2D eigenvalue weighted by Gasteiger charge is 2.23. The van der Waals surface area contributed by atoms with E-state index in [9.17, 15) is 0 Å². The fourth-order valence-electron chi connectivity index (χ4n) is 2.22. The normalized spacial score (nSPS) is 16.4. The van der Waals surface area contributed by atoms with Crippen LogP contribution in [0.15, 0.2) is 46.5 Å². The van der Waals surface area contributed by atoms with Gasteiger partial charge in [-0.2, -0.15) is 0 Å². The zero-order valence-corrected chi connectivity index (χ0v) is 11.2. The van der Waals surface area contributed by atoms with Gasteiger partial charge in [0.15, 0.2) is 0 Å². The largest absolute Gasteiger partial charge is 0.280 e. The second-order valence-electron chi connectivity index (χ2n) is 6.03.